The van der Waals surface area contributed by atoms with Gasteiger partial charge in [-0.2, -0.15) is 0 Å². The van der Waals surface area contributed by atoms with Crippen LogP contribution in [0, 0.1) is 10.1 Å². The number of aliphatic carboxylic acids is 1. The summed E-state index contributed by atoms with van der Waals surface area (Å²) in [7, 11) is 0. The molecule has 6 nitrogen and oxygen atoms in total. The predicted molar refractivity (Wildman–Crippen MR) is 64.3 cm³/mol. The van der Waals surface area contributed by atoms with Crippen LogP contribution in [0.2, 0.25) is 0 Å². The molecule has 7 heteroatoms. The summed E-state index contributed by atoms with van der Waals surface area (Å²) in [5, 5.41) is 19.2. The number of hydrogen-bond acceptors (Lipinski definition) is 4. The summed E-state index contributed by atoms with van der Waals surface area (Å²) in [6, 6.07) is 5.67. The highest BCUT2D eigenvalue weighted by Gasteiger charge is 2.28. The largest absolute Gasteiger partial charge is 0.480 e. The van der Waals surface area contributed by atoms with E-state index in [0.717, 1.165) is 0 Å². The zero-order valence-electron chi connectivity index (χ0n) is 9.12. The van der Waals surface area contributed by atoms with Gasteiger partial charge in [-0.1, -0.05) is 12.1 Å². The number of hydrogen-bond donors (Lipinski definition) is 2. The SMILES string of the molecule is CC(N)(Cc1ccc([N+](=O)[O-])cc1)C(=O)O.Cl. The first-order chi connectivity index (χ1) is 7.33. The monoisotopic (exact) mass is 260 g/mol. The minimum atomic E-state index is -1.36. The van der Waals surface area contributed by atoms with Crippen LogP contribution in [0.3, 0.4) is 0 Å². The lowest BCUT2D eigenvalue weighted by Crippen LogP contribution is -2.46. The third-order valence-electron chi connectivity index (χ3n) is 2.21. The van der Waals surface area contributed by atoms with Gasteiger partial charge in [0.2, 0.25) is 0 Å². The van der Waals surface area contributed by atoms with Crippen LogP contribution < -0.4 is 5.73 Å². The molecule has 0 heterocycles. The van der Waals surface area contributed by atoms with Crippen molar-refractivity contribution in [3.8, 4) is 0 Å². The van der Waals surface area contributed by atoms with E-state index in [0.29, 0.717) is 5.56 Å². The average Bonchev–Trinajstić information content (AvgIpc) is 2.17. The molecule has 0 aliphatic rings. The molecule has 0 saturated carbocycles. The van der Waals surface area contributed by atoms with Crippen molar-refractivity contribution >= 4 is 24.1 Å². The van der Waals surface area contributed by atoms with Crippen molar-refractivity contribution in [1.29, 1.82) is 0 Å². The second-order valence-corrected chi connectivity index (χ2v) is 3.82. The van der Waals surface area contributed by atoms with Gasteiger partial charge in [0.25, 0.3) is 5.69 Å². The highest BCUT2D eigenvalue weighted by atomic mass is 35.5. The summed E-state index contributed by atoms with van der Waals surface area (Å²) in [4.78, 5) is 20.6. The molecule has 94 valence electrons. The van der Waals surface area contributed by atoms with Crippen LogP contribution in [0.1, 0.15) is 12.5 Å². The lowest BCUT2D eigenvalue weighted by atomic mass is 9.94. The molecular weight excluding hydrogens is 248 g/mol. The van der Waals surface area contributed by atoms with Gasteiger partial charge in [0, 0.05) is 18.6 Å². The summed E-state index contributed by atoms with van der Waals surface area (Å²) in [6.07, 6.45) is 0.125. The van der Waals surface area contributed by atoms with Crippen LogP contribution in [-0.2, 0) is 11.2 Å². The summed E-state index contributed by atoms with van der Waals surface area (Å²) < 4.78 is 0. The van der Waals surface area contributed by atoms with Gasteiger partial charge in [0.15, 0.2) is 0 Å². The molecule has 1 rings (SSSR count). The zero-order valence-corrected chi connectivity index (χ0v) is 9.94. The van der Waals surface area contributed by atoms with E-state index in [2.05, 4.69) is 0 Å². The Kier molecular flexibility index (Phi) is 5.06. The molecule has 0 spiro atoms. The fraction of sp³-hybridized carbons (Fsp3) is 0.300. The van der Waals surface area contributed by atoms with Gasteiger partial charge < -0.3 is 10.8 Å². The first-order valence-electron chi connectivity index (χ1n) is 4.58. The van der Waals surface area contributed by atoms with Gasteiger partial charge in [-0.05, 0) is 12.5 Å². The van der Waals surface area contributed by atoms with Gasteiger partial charge in [0.05, 0.1) is 4.92 Å². The number of carbonyl (C=O) groups is 1. The van der Waals surface area contributed by atoms with E-state index in [1.165, 1.54) is 31.2 Å². The molecular formula is C10H13ClN2O4. The summed E-state index contributed by atoms with van der Waals surface area (Å²) in [5.74, 6) is -1.11. The van der Waals surface area contributed by atoms with E-state index in [9.17, 15) is 14.9 Å². The Bertz CT molecular complexity index is 417. The molecule has 1 aromatic rings. The molecule has 0 fully saturated rings. The van der Waals surface area contributed by atoms with E-state index in [4.69, 9.17) is 10.8 Å². The van der Waals surface area contributed by atoms with Gasteiger partial charge in [-0.3, -0.25) is 14.9 Å². The lowest BCUT2D eigenvalue weighted by molar-refractivity contribution is -0.384. The van der Waals surface area contributed by atoms with Crippen molar-refractivity contribution in [3.63, 3.8) is 0 Å². The third kappa shape index (κ3) is 4.01. The smallest absolute Gasteiger partial charge is 0.323 e. The minimum absolute atomic E-state index is 0. The van der Waals surface area contributed by atoms with Crippen molar-refractivity contribution in [2.24, 2.45) is 5.73 Å². The maximum Gasteiger partial charge on any atom is 0.323 e. The van der Waals surface area contributed by atoms with Crippen molar-refractivity contribution < 1.29 is 14.8 Å². The van der Waals surface area contributed by atoms with E-state index in [1.807, 2.05) is 0 Å². The third-order valence-corrected chi connectivity index (χ3v) is 2.21. The molecule has 0 saturated heterocycles. The maximum atomic E-state index is 10.8. The predicted octanol–water partition coefficient (Wildman–Crippen LogP) is 1.36. The Morgan fingerprint density at radius 1 is 1.47 bits per heavy atom. The Morgan fingerprint density at radius 2 is 1.94 bits per heavy atom. The maximum absolute atomic E-state index is 10.8. The van der Waals surface area contributed by atoms with Crippen molar-refractivity contribution in [3.05, 3.63) is 39.9 Å². The Balaban J connectivity index is 0.00000256. The Morgan fingerprint density at radius 3 is 2.29 bits per heavy atom. The van der Waals surface area contributed by atoms with E-state index in [-0.39, 0.29) is 24.5 Å². The molecule has 1 atom stereocenters. The average molecular weight is 261 g/mol. The first-order valence-corrected chi connectivity index (χ1v) is 4.58. The molecule has 0 aliphatic heterocycles. The number of halogens is 1. The molecule has 0 radical (unpaired) electrons. The highest BCUT2D eigenvalue weighted by molar-refractivity contribution is 5.85. The van der Waals surface area contributed by atoms with Gasteiger partial charge in [-0.15, -0.1) is 12.4 Å². The molecule has 1 unspecified atom stereocenters. The van der Waals surface area contributed by atoms with Crippen LogP contribution in [-0.4, -0.2) is 21.5 Å². The second-order valence-electron chi connectivity index (χ2n) is 3.82. The molecule has 0 aliphatic carbocycles. The summed E-state index contributed by atoms with van der Waals surface area (Å²) in [6.45, 7) is 1.40. The number of carboxylic acids is 1. The first kappa shape index (κ1) is 15.3. The van der Waals surface area contributed by atoms with Crippen LogP contribution in [0.5, 0.6) is 0 Å². The number of benzene rings is 1. The Hall–Kier alpha value is -1.66. The van der Waals surface area contributed by atoms with Crippen molar-refractivity contribution in [2.45, 2.75) is 18.9 Å². The molecule has 0 bridgehead atoms. The fourth-order valence-electron chi connectivity index (χ4n) is 1.24. The minimum Gasteiger partial charge on any atom is -0.480 e. The van der Waals surface area contributed by atoms with Gasteiger partial charge in [0.1, 0.15) is 5.54 Å². The molecule has 3 N–H and O–H groups in total. The van der Waals surface area contributed by atoms with Crippen LogP contribution >= 0.6 is 12.4 Å². The quantitative estimate of drug-likeness (QED) is 0.628. The molecule has 0 amide bonds. The molecule has 0 aromatic heterocycles. The second kappa shape index (κ2) is 5.60. The van der Waals surface area contributed by atoms with Crippen LogP contribution in [0.4, 0.5) is 5.69 Å². The normalized spacial score (nSPS) is 13.3. The number of nitrogens with two attached hydrogens (primary N) is 1. The molecule has 1 aromatic carbocycles. The Labute approximate surface area is 104 Å². The number of rotatable bonds is 4. The number of nitro groups is 1. The lowest BCUT2D eigenvalue weighted by Gasteiger charge is -2.18. The fourth-order valence-corrected chi connectivity index (χ4v) is 1.24. The van der Waals surface area contributed by atoms with E-state index >= 15 is 0 Å². The van der Waals surface area contributed by atoms with E-state index < -0.39 is 16.4 Å². The zero-order chi connectivity index (χ0) is 12.3. The number of non-ortho nitro benzene ring substituents is 1. The van der Waals surface area contributed by atoms with Gasteiger partial charge >= 0.3 is 5.97 Å². The van der Waals surface area contributed by atoms with E-state index in [1.54, 1.807) is 0 Å². The number of carboxylic acid groups (broad SMARTS) is 1. The van der Waals surface area contributed by atoms with Crippen molar-refractivity contribution in [2.75, 3.05) is 0 Å². The summed E-state index contributed by atoms with van der Waals surface area (Å²) >= 11 is 0. The standard InChI is InChI=1S/C10H12N2O4.ClH/c1-10(11,9(13)14)6-7-2-4-8(5-3-7)12(15)16;/h2-5H,6,11H2,1H3,(H,13,14);1H. The van der Waals surface area contributed by atoms with Crippen LogP contribution in [0.25, 0.3) is 0 Å². The van der Waals surface area contributed by atoms with Gasteiger partial charge in [-0.25, -0.2) is 0 Å². The highest BCUT2D eigenvalue weighted by Crippen LogP contribution is 2.16. The van der Waals surface area contributed by atoms with Crippen molar-refractivity contribution in [1.82, 2.24) is 0 Å². The number of nitrogens with zero attached hydrogens (tertiary/aromatic N) is 1. The van der Waals surface area contributed by atoms with Crippen LogP contribution in [0.15, 0.2) is 24.3 Å². The number of nitro benzene ring substituents is 1. The molecule has 17 heavy (non-hydrogen) atoms. The summed E-state index contributed by atoms with van der Waals surface area (Å²) in [5.41, 5.74) is 4.81. The topological polar surface area (TPSA) is 106 Å².